The molecule has 0 unspecified atom stereocenters. The Hall–Kier alpha value is -3.85. The van der Waals surface area contributed by atoms with Crippen molar-refractivity contribution in [2.24, 2.45) is 11.8 Å². The van der Waals surface area contributed by atoms with Crippen LogP contribution in [0, 0.1) is 11.8 Å². The van der Waals surface area contributed by atoms with Crippen molar-refractivity contribution in [3.05, 3.63) is 54.6 Å². The van der Waals surface area contributed by atoms with E-state index in [2.05, 4.69) is 10.6 Å². The first-order valence-electron chi connectivity index (χ1n) is 10.9. The maximum Gasteiger partial charge on any atom is 0.234 e. The summed E-state index contributed by atoms with van der Waals surface area (Å²) >= 11 is 0. The number of nitrogens with zero attached hydrogens (tertiary/aromatic N) is 1. The Morgan fingerprint density at radius 2 is 1.71 bits per heavy atom. The molecular weight excluding hydrogens is 438 g/mol. The summed E-state index contributed by atoms with van der Waals surface area (Å²) in [4.78, 5) is 39.8. The molecule has 0 saturated carbocycles. The normalized spacial score (nSPS) is 26.4. The third kappa shape index (κ3) is 3.58. The van der Waals surface area contributed by atoms with E-state index in [-0.39, 0.29) is 17.7 Å². The van der Waals surface area contributed by atoms with Crippen LogP contribution in [0.25, 0.3) is 0 Å². The monoisotopic (exact) mass is 463 g/mol. The Kier molecular flexibility index (Phi) is 5.28. The number of rotatable bonds is 6. The summed E-state index contributed by atoms with van der Waals surface area (Å²) in [7, 11) is 3.07. The molecule has 34 heavy (non-hydrogen) atoms. The molecule has 0 radical (unpaired) electrons. The zero-order valence-corrected chi connectivity index (χ0v) is 19.0. The largest absolute Gasteiger partial charge is 0.497 e. The van der Waals surface area contributed by atoms with Gasteiger partial charge in [0.2, 0.25) is 17.7 Å². The highest BCUT2D eigenvalue weighted by atomic mass is 16.5. The molecule has 3 heterocycles. The fraction of sp³-hybridized carbons (Fsp3) is 0.320. The molecule has 3 amide bonds. The molecule has 2 bridgehead atoms. The fourth-order valence-corrected chi connectivity index (χ4v) is 5.05. The SMILES string of the molecule is COc1cc(NC(=O)[C@@H]2[C@@H]3C=C[C@@]4(CN(c5ccc(NC(C)=O)cc5)C(=O)[C@@H]24)O3)cc(OC)c1. The third-order valence-electron chi connectivity index (χ3n) is 6.52. The molecule has 2 fully saturated rings. The lowest BCUT2D eigenvalue weighted by atomic mass is 9.77. The van der Waals surface area contributed by atoms with Gasteiger partial charge >= 0.3 is 0 Å². The molecule has 2 N–H and O–H groups in total. The Balaban J connectivity index is 1.38. The minimum absolute atomic E-state index is 0.164. The van der Waals surface area contributed by atoms with Crippen molar-refractivity contribution in [3.63, 3.8) is 0 Å². The van der Waals surface area contributed by atoms with Crippen LogP contribution in [0.5, 0.6) is 11.5 Å². The first kappa shape index (κ1) is 22.0. The number of carbonyl (C=O) groups excluding carboxylic acids is 3. The van der Waals surface area contributed by atoms with Crippen LogP contribution in [-0.2, 0) is 19.1 Å². The molecule has 2 aromatic rings. The predicted molar refractivity (Wildman–Crippen MR) is 125 cm³/mol. The number of hydrogen-bond acceptors (Lipinski definition) is 6. The summed E-state index contributed by atoms with van der Waals surface area (Å²) in [6.45, 7) is 1.75. The number of hydrogen-bond donors (Lipinski definition) is 2. The number of anilines is 3. The Bertz CT molecular complexity index is 1170. The van der Waals surface area contributed by atoms with Crippen LogP contribution in [0.2, 0.25) is 0 Å². The van der Waals surface area contributed by atoms with Crippen LogP contribution in [0.4, 0.5) is 17.1 Å². The number of carbonyl (C=O) groups is 3. The second-order valence-electron chi connectivity index (χ2n) is 8.64. The summed E-state index contributed by atoms with van der Waals surface area (Å²) in [5.74, 6) is -0.850. The number of nitrogens with one attached hydrogen (secondary N) is 2. The van der Waals surface area contributed by atoms with E-state index in [1.807, 2.05) is 12.2 Å². The first-order chi connectivity index (χ1) is 16.3. The zero-order valence-electron chi connectivity index (χ0n) is 19.0. The lowest BCUT2D eigenvalue weighted by molar-refractivity contribution is -0.128. The van der Waals surface area contributed by atoms with E-state index in [9.17, 15) is 14.4 Å². The van der Waals surface area contributed by atoms with Gasteiger partial charge < -0.3 is 29.7 Å². The van der Waals surface area contributed by atoms with Crippen LogP contribution in [0.1, 0.15) is 6.92 Å². The third-order valence-corrected chi connectivity index (χ3v) is 6.52. The van der Waals surface area contributed by atoms with Gasteiger partial charge in [0.1, 0.15) is 17.1 Å². The molecule has 2 saturated heterocycles. The quantitative estimate of drug-likeness (QED) is 0.638. The minimum Gasteiger partial charge on any atom is -0.497 e. The highest BCUT2D eigenvalue weighted by Crippen LogP contribution is 2.53. The van der Waals surface area contributed by atoms with Gasteiger partial charge in [-0.25, -0.2) is 0 Å². The van der Waals surface area contributed by atoms with Gasteiger partial charge in [-0.1, -0.05) is 12.2 Å². The van der Waals surface area contributed by atoms with Gasteiger partial charge in [0.25, 0.3) is 0 Å². The van der Waals surface area contributed by atoms with Crippen LogP contribution < -0.4 is 25.0 Å². The van der Waals surface area contributed by atoms with Gasteiger partial charge in [-0.3, -0.25) is 14.4 Å². The molecule has 9 nitrogen and oxygen atoms in total. The molecular formula is C25H25N3O6. The van der Waals surface area contributed by atoms with E-state index in [0.29, 0.717) is 35.1 Å². The maximum absolute atomic E-state index is 13.5. The van der Waals surface area contributed by atoms with Gasteiger partial charge in [-0.2, -0.15) is 0 Å². The van der Waals surface area contributed by atoms with E-state index in [0.717, 1.165) is 0 Å². The molecule has 3 aliphatic rings. The zero-order chi connectivity index (χ0) is 24.0. The summed E-state index contributed by atoms with van der Waals surface area (Å²) < 4.78 is 16.8. The van der Waals surface area contributed by atoms with Gasteiger partial charge in [0.15, 0.2) is 0 Å². The van der Waals surface area contributed by atoms with Crippen LogP contribution in [-0.4, -0.2) is 50.2 Å². The van der Waals surface area contributed by atoms with Gasteiger partial charge in [-0.15, -0.1) is 0 Å². The minimum atomic E-state index is -0.841. The fourth-order valence-electron chi connectivity index (χ4n) is 5.05. The topological polar surface area (TPSA) is 106 Å². The first-order valence-corrected chi connectivity index (χ1v) is 10.9. The number of fused-ring (bicyclic) bond motifs is 1. The molecule has 4 atom stereocenters. The molecule has 0 aliphatic carbocycles. The summed E-state index contributed by atoms with van der Waals surface area (Å²) in [5, 5.41) is 5.62. The molecule has 1 spiro atoms. The summed E-state index contributed by atoms with van der Waals surface area (Å²) in [6.07, 6.45) is 3.30. The predicted octanol–water partition coefficient (Wildman–Crippen LogP) is 2.59. The second kappa shape index (κ2) is 8.18. The van der Waals surface area contributed by atoms with E-state index in [4.69, 9.17) is 14.2 Å². The van der Waals surface area contributed by atoms with Crippen molar-refractivity contribution in [2.75, 3.05) is 36.3 Å². The number of amides is 3. The van der Waals surface area contributed by atoms with Crippen molar-refractivity contribution in [1.29, 1.82) is 0 Å². The smallest absolute Gasteiger partial charge is 0.234 e. The Labute approximate surface area is 196 Å². The lowest BCUT2D eigenvalue weighted by Gasteiger charge is -2.23. The number of benzene rings is 2. The van der Waals surface area contributed by atoms with Crippen molar-refractivity contribution in [1.82, 2.24) is 0 Å². The average molecular weight is 463 g/mol. The van der Waals surface area contributed by atoms with E-state index < -0.39 is 23.5 Å². The molecule has 0 aromatic heterocycles. The maximum atomic E-state index is 13.5. The molecule has 3 aliphatic heterocycles. The van der Waals surface area contributed by atoms with E-state index in [1.54, 1.807) is 47.4 Å². The van der Waals surface area contributed by atoms with E-state index >= 15 is 0 Å². The van der Waals surface area contributed by atoms with Crippen molar-refractivity contribution in [3.8, 4) is 11.5 Å². The summed E-state index contributed by atoms with van der Waals surface area (Å²) in [5.41, 5.74) is 0.994. The van der Waals surface area contributed by atoms with Gasteiger partial charge in [-0.05, 0) is 24.3 Å². The number of ether oxygens (including phenoxy) is 3. The van der Waals surface area contributed by atoms with E-state index in [1.165, 1.54) is 21.1 Å². The highest BCUT2D eigenvalue weighted by Gasteiger charge is 2.67. The summed E-state index contributed by atoms with van der Waals surface area (Å²) in [6, 6.07) is 12.1. The van der Waals surface area contributed by atoms with Crippen molar-refractivity contribution >= 4 is 34.8 Å². The second-order valence-corrected chi connectivity index (χ2v) is 8.64. The van der Waals surface area contributed by atoms with Crippen LogP contribution in [0.3, 0.4) is 0 Å². The molecule has 176 valence electrons. The van der Waals surface area contributed by atoms with Gasteiger partial charge in [0, 0.05) is 42.2 Å². The number of methoxy groups -OCH3 is 2. The van der Waals surface area contributed by atoms with Crippen LogP contribution in [0.15, 0.2) is 54.6 Å². The lowest BCUT2D eigenvalue weighted by Crippen LogP contribution is -2.41. The average Bonchev–Trinajstić information content (AvgIpc) is 3.47. The molecule has 2 aromatic carbocycles. The van der Waals surface area contributed by atoms with Crippen molar-refractivity contribution in [2.45, 2.75) is 18.6 Å². The van der Waals surface area contributed by atoms with Crippen molar-refractivity contribution < 1.29 is 28.6 Å². The Morgan fingerprint density at radius 3 is 2.32 bits per heavy atom. The highest BCUT2D eigenvalue weighted by molar-refractivity contribution is 6.05. The van der Waals surface area contributed by atoms with Gasteiger partial charge in [0.05, 0.1) is 38.7 Å². The Morgan fingerprint density at radius 1 is 1.03 bits per heavy atom. The molecule has 9 heteroatoms. The molecule has 5 rings (SSSR count). The standard InChI is InChI=1S/C25H25N3O6/c1-14(29)26-15-4-6-17(7-5-15)28-13-25-9-8-20(34-25)21(22(25)24(28)31)23(30)27-16-10-18(32-2)12-19(11-16)33-3/h4-12,20-22H,13H2,1-3H3,(H,26,29)(H,27,30)/t20-,21+,22+,25-/m0/s1. The van der Waals surface area contributed by atoms with Crippen LogP contribution >= 0.6 is 0 Å².